The molecule has 0 saturated heterocycles. The van der Waals surface area contributed by atoms with Gasteiger partial charge in [-0.3, -0.25) is 9.59 Å². The molecule has 1 heterocycles. The molecule has 3 rings (SSSR count). The van der Waals surface area contributed by atoms with Crippen molar-refractivity contribution in [2.45, 2.75) is 19.8 Å². The number of ether oxygens (including phenoxy) is 1. The lowest BCUT2D eigenvalue weighted by molar-refractivity contribution is -0.142. The summed E-state index contributed by atoms with van der Waals surface area (Å²) in [5.74, 6) is 0.233. The molecule has 0 amide bonds. The molecule has 0 fully saturated rings. The molecule has 0 N–H and O–H groups in total. The van der Waals surface area contributed by atoms with Crippen LogP contribution in [0, 0.1) is 0 Å². The van der Waals surface area contributed by atoms with Gasteiger partial charge in [0.25, 0.3) is 0 Å². The average molecular weight is 322 g/mol. The lowest BCUT2D eigenvalue weighted by Gasteiger charge is -2.06. The van der Waals surface area contributed by atoms with Gasteiger partial charge >= 0.3 is 5.97 Å². The Balaban J connectivity index is 1.91. The molecule has 24 heavy (non-hydrogen) atoms. The summed E-state index contributed by atoms with van der Waals surface area (Å²) in [5.41, 5.74) is 2.05. The molecular weight excluding hydrogens is 304 g/mol. The van der Waals surface area contributed by atoms with Crippen molar-refractivity contribution in [3.05, 3.63) is 70.4 Å². The maximum Gasteiger partial charge on any atom is 0.310 e. The van der Waals surface area contributed by atoms with Crippen molar-refractivity contribution in [1.29, 1.82) is 0 Å². The lowest BCUT2D eigenvalue weighted by atomic mass is 10.1. The molecule has 0 saturated carbocycles. The molecule has 0 bridgehead atoms. The normalized spacial score (nSPS) is 10.7. The van der Waals surface area contributed by atoms with Gasteiger partial charge in [-0.25, -0.2) is 0 Å². The Bertz CT molecular complexity index is 924. The Morgan fingerprint density at radius 3 is 2.75 bits per heavy atom. The van der Waals surface area contributed by atoms with Crippen molar-refractivity contribution in [3.63, 3.8) is 0 Å². The summed E-state index contributed by atoms with van der Waals surface area (Å²) >= 11 is 0. The van der Waals surface area contributed by atoms with Crippen molar-refractivity contribution < 1.29 is 13.9 Å². The van der Waals surface area contributed by atoms with Crippen LogP contribution < -0.4 is 5.43 Å². The second-order valence-electron chi connectivity index (χ2n) is 5.57. The first-order valence-electron chi connectivity index (χ1n) is 7.95. The highest BCUT2D eigenvalue weighted by molar-refractivity contribution is 5.79. The predicted molar refractivity (Wildman–Crippen MR) is 92.9 cm³/mol. The van der Waals surface area contributed by atoms with Crippen molar-refractivity contribution >= 4 is 16.9 Å². The molecule has 0 spiro atoms. The first kappa shape index (κ1) is 16.0. The first-order chi connectivity index (χ1) is 11.7. The van der Waals surface area contributed by atoms with Crippen molar-refractivity contribution in [3.8, 4) is 11.3 Å². The number of carbonyl (C=O) groups is 1. The summed E-state index contributed by atoms with van der Waals surface area (Å²) in [7, 11) is 0. The van der Waals surface area contributed by atoms with E-state index in [1.54, 1.807) is 12.1 Å². The Morgan fingerprint density at radius 2 is 1.92 bits per heavy atom. The van der Waals surface area contributed by atoms with E-state index in [-0.39, 0.29) is 17.8 Å². The molecule has 0 unspecified atom stereocenters. The number of para-hydroxylation sites is 1. The highest BCUT2D eigenvalue weighted by Gasteiger charge is 2.09. The van der Waals surface area contributed by atoms with Crippen LogP contribution in [0.2, 0.25) is 0 Å². The largest absolute Gasteiger partial charge is 0.465 e. The number of esters is 1. The van der Waals surface area contributed by atoms with E-state index in [1.165, 1.54) is 6.07 Å². The number of hydrogen-bond donors (Lipinski definition) is 0. The van der Waals surface area contributed by atoms with Gasteiger partial charge in [-0.05, 0) is 30.2 Å². The van der Waals surface area contributed by atoms with Gasteiger partial charge in [-0.15, -0.1) is 0 Å². The van der Waals surface area contributed by atoms with Crippen LogP contribution in [0.15, 0.2) is 63.8 Å². The third-order valence-electron chi connectivity index (χ3n) is 3.66. The lowest BCUT2D eigenvalue weighted by Crippen LogP contribution is -2.08. The monoisotopic (exact) mass is 322 g/mol. The minimum Gasteiger partial charge on any atom is -0.465 e. The zero-order valence-electron chi connectivity index (χ0n) is 13.5. The van der Waals surface area contributed by atoms with E-state index < -0.39 is 0 Å². The number of fused-ring (bicyclic) bond motifs is 1. The quantitative estimate of drug-likeness (QED) is 0.667. The highest BCUT2D eigenvalue weighted by atomic mass is 16.5. The fourth-order valence-electron chi connectivity index (χ4n) is 2.51. The average Bonchev–Trinajstić information content (AvgIpc) is 2.60. The topological polar surface area (TPSA) is 56.5 Å². The third-order valence-corrected chi connectivity index (χ3v) is 3.66. The van der Waals surface area contributed by atoms with Gasteiger partial charge in [-0.2, -0.15) is 0 Å². The van der Waals surface area contributed by atoms with Crippen LogP contribution in [-0.2, 0) is 16.0 Å². The van der Waals surface area contributed by atoms with Gasteiger partial charge in [0.2, 0.25) is 0 Å². The predicted octanol–water partition coefficient (Wildman–Crippen LogP) is 3.96. The molecular formula is C20H18O4. The van der Waals surface area contributed by atoms with Crippen LogP contribution in [0.3, 0.4) is 0 Å². The van der Waals surface area contributed by atoms with Gasteiger partial charge in [0.05, 0.1) is 18.4 Å². The van der Waals surface area contributed by atoms with Crippen LogP contribution in [0.1, 0.15) is 18.9 Å². The zero-order valence-corrected chi connectivity index (χ0v) is 13.5. The summed E-state index contributed by atoms with van der Waals surface area (Å²) in [6.45, 7) is 2.38. The van der Waals surface area contributed by atoms with E-state index >= 15 is 0 Å². The zero-order chi connectivity index (χ0) is 16.9. The van der Waals surface area contributed by atoms with Crippen molar-refractivity contribution in [1.82, 2.24) is 0 Å². The summed E-state index contributed by atoms with van der Waals surface area (Å²) in [4.78, 5) is 24.0. The smallest absolute Gasteiger partial charge is 0.310 e. The molecule has 122 valence electrons. The highest BCUT2D eigenvalue weighted by Crippen LogP contribution is 2.23. The fourth-order valence-corrected chi connectivity index (χ4v) is 2.51. The van der Waals surface area contributed by atoms with Gasteiger partial charge in [-0.1, -0.05) is 37.3 Å². The second-order valence-corrected chi connectivity index (χ2v) is 5.57. The Labute approximate surface area is 139 Å². The molecule has 4 heteroatoms. The molecule has 0 aliphatic carbocycles. The van der Waals surface area contributed by atoms with E-state index in [2.05, 4.69) is 0 Å². The van der Waals surface area contributed by atoms with Gasteiger partial charge in [0.15, 0.2) is 5.43 Å². The van der Waals surface area contributed by atoms with Crippen molar-refractivity contribution in [2.75, 3.05) is 6.61 Å². The molecule has 1 aromatic heterocycles. The molecule has 0 aliphatic rings. The van der Waals surface area contributed by atoms with E-state index in [1.807, 2.05) is 43.3 Å². The van der Waals surface area contributed by atoms with E-state index in [0.29, 0.717) is 23.3 Å². The molecule has 0 aliphatic heterocycles. The molecule has 3 aromatic rings. The van der Waals surface area contributed by atoms with Crippen LogP contribution in [0.25, 0.3) is 22.3 Å². The van der Waals surface area contributed by atoms with Crippen molar-refractivity contribution in [2.24, 2.45) is 0 Å². The maximum atomic E-state index is 12.2. The van der Waals surface area contributed by atoms with Crippen LogP contribution >= 0.6 is 0 Å². The van der Waals surface area contributed by atoms with Gasteiger partial charge in [0, 0.05) is 11.6 Å². The standard InChI is InChI=1S/C20H18O4/c1-2-10-23-20(22)12-14-6-5-7-15(11-14)19-13-17(21)16-8-3-4-9-18(16)24-19/h3-9,11,13H,2,10,12H2,1H3. The van der Waals surface area contributed by atoms with Crippen LogP contribution in [-0.4, -0.2) is 12.6 Å². The van der Waals surface area contributed by atoms with E-state index in [4.69, 9.17) is 9.15 Å². The Hall–Kier alpha value is -2.88. The fraction of sp³-hybridized carbons (Fsp3) is 0.200. The first-order valence-corrected chi connectivity index (χ1v) is 7.95. The van der Waals surface area contributed by atoms with E-state index in [0.717, 1.165) is 17.5 Å². The maximum absolute atomic E-state index is 12.2. The number of rotatable bonds is 5. The molecule has 0 radical (unpaired) electrons. The minimum absolute atomic E-state index is 0.0837. The summed E-state index contributed by atoms with van der Waals surface area (Å²) in [6.07, 6.45) is 1.000. The summed E-state index contributed by atoms with van der Waals surface area (Å²) < 4.78 is 10.9. The Kier molecular flexibility index (Phi) is 4.75. The minimum atomic E-state index is -0.256. The summed E-state index contributed by atoms with van der Waals surface area (Å²) in [6, 6.07) is 16.0. The SMILES string of the molecule is CCCOC(=O)Cc1cccc(-c2cc(=O)c3ccccc3o2)c1. The third kappa shape index (κ3) is 3.54. The van der Waals surface area contributed by atoms with Gasteiger partial charge in [0.1, 0.15) is 11.3 Å². The van der Waals surface area contributed by atoms with Crippen LogP contribution in [0.5, 0.6) is 0 Å². The Morgan fingerprint density at radius 1 is 1.08 bits per heavy atom. The number of benzene rings is 2. The van der Waals surface area contributed by atoms with E-state index in [9.17, 15) is 9.59 Å². The van der Waals surface area contributed by atoms with Gasteiger partial charge < -0.3 is 9.15 Å². The van der Waals surface area contributed by atoms with Crippen LogP contribution in [0.4, 0.5) is 0 Å². The number of carbonyl (C=O) groups excluding carboxylic acids is 1. The molecule has 2 aromatic carbocycles. The second kappa shape index (κ2) is 7.13. The summed E-state index contributed by atoms with van der Waals surface area (Å²) in [5, 5.41) is 0.556. The molecule has 4 nitrogen and oxygen atoms in total. The molecule has 0 atom stereocenters. The number of hydrogen-bond acceptors (Lipinski definition) is 4.